The highest BCUT2D eigenvalue weighted by molar-refractivity contribution is 5.94. The molecule has 94 valence electrons. The van der Waals surface area contributed by atoms with E-state index in [0.717, 1.165) is 12.8 Å². The van der Waals surface area contributed by atoms with E-state index in [9.17, 15) is 15.0 Å². The number of hydrogen-bond donors (Lipinski definition) is 2. The normalized spacial score (nSPS) is 10.2. The summed E-state index contributed by atoms with van der Waals surface area (Å²) in [7, 11) is 0. The van der Waals surface area contributed by atoms with Gasteiger partial charge >= 0.3 is 0 Å². The quantitative estimate of drug-likeness (QED) is 0.773. The van der Waals surface area contributed by atoms with Crippen molar-refractivity contribution >= 4 is 5.91 Å². The number of rotatable bonds is 5. The Morgan fingerprint density at radius 3 is 2.47 bits per heavy atom. The smallest absolute Gasteiger partial charge is 0.253 e. The molecular weight excluding hydrogens is 218 g/mol. The van der Waals surface area contributed by atoms with Crippen LogP contribution in [-0.4, -0.2) is 34.1 Å². The van der Waals surface area contributed by atoms with Crippen LogP contribution in [0.3, 0.4) is 0 Å². The van der Waals surface area contributed by atoms with Crippen LogP contribution in [0.1, 0.15) is 37.0 Å². The molecule has 0 unspecified atom stereocenters. The van der Waals surface area contributed by atoms with Crippen LogP contribution in [0.5, 0.6) is 11.5 Å². The fourth-order valence-corrected chi connectivity index (χ4v) is 1.59. The van der Waals surface area contributed by atoms with E-state index in [4.69, 9.17) is 0 Å². The molecule has 4 nitrogen and oxygen atoms in total. The van der Waals surface area contributed by atoms with Gasteiger partial charge in [-0.05, 0) is 31.5 Å². The molecule has 1 amide bonds. The summed E-state index contributed by atoms with van der Waals surface area (Å²) in [6.45, 7) is 5.35. The highest BCUT2D eigenvalue weighted by Gasteiger charge is 2.14. The highest BCUT2D eigenvalue weighted by Crippen LogP contribution is 2.25. The predicted molar refractivity (Wildman–Crippen MR) is 66.3 cm³/mol. The lowest BCUT2D eigenvalue weighted by Crippen LogP contribution is -2.31. The maximum absolute atomic E-state index is 12.1. The Labute approximate surface area is 101 Å². The first-order valence-corrected chi connectivity index (χ1v) is 5.91. The standard InChI is InChI=1S/C13H19NO3/c1-3-5-8-14(4-2)13(17)10-6-7-11(15)12(16)9-10/h6-7,9,15-16H,3-5,8H2,1-2H3. The predicted octanol–water partition coefficient (Wildman–Crippen LogP) is 2.36. The minimum atomic E-state index is -0.262. The summed E-state index contributed by atoms with van der Waals surface area (Å²) in [4.78, 5) is 13.8. The molecule has 1 aromatic carbocycles. The third-order valence-corrected chi connectivity index (χ3v) is 2.67. The maximum Gasteiger partial charge on any atom is 0.253 e. The van der Waals surface area contributed by atoms with Gasteiger partial charge in [0.15, 0.2) is 11.5 Å². The van der Waals surface area contributed by atoms with E-state index in [1.165, 1.54) is 18.2 Å². The molecule has 0 heterocycles. The number of phenolic OH excluding ortho intramolecular Hbond substituents is 2. The van der Waals surface area contributed by atoms with Gasteiger partial charge in [-0.15, -0.1) is 0 Å². The van der Waals surface area contributed by atoms with Crippen molar-refractivity contribution in [1.82, 2.24) is 4.90 Å². The third-order valence-electron chi connectivity index (χ3n) is 2.67. The molecule has 0 aliphatic carbocycles. The fourth-order valence-electron chi connectivity index (χ4n) is 1.59. The number of unbranched alkanes of at least 4 members (excludes halogenated alkanes) is 1. The number of carbonyl (C=O) groups is 1. The van der Waals surface area contributed by atoms with Crippen molar-refractivity contribution in [2.75, 3.05) is 13.1 Å². The lowest BCUT2D eigenvalue weighted by molar-refractivity contribution is 0.0762. The van der Waals surface area contributed by atoms with Crippen LogP contribution >= 0.6 is 0 Å². The number of phenols is 2. The van der Waals surface area contributed by atoms with E-state index in [1.54, 1.807) is 4.90 Å². The number of amides is 1. The molecular formula is C13H19NO3. The number of benzene rings is 1. The van der Waals surface area contributed by atoms with Gasteiger partial charge < -0.3 is 15.1 Å². The molecule has 0 atom stereocenters. The molecule has 17 heavy (non-hydrogen) atoms. The molecule has 2 N–H and O–H groups in total. The Morgan fingerprint density at radius 1 is 1.24 bits per heavy atom. The third kappa shape index (κ3) is 3.37. The second-order valence-electron chi connectivity index (χ2n) is 3.94. The minimum absolute atomic E-state index is 0.115. The Kier molecular flexibility index (Phi) is 4.82. The Morgan fingerprint density at radius 2 is 1.94 bits per heavy atom. The molecule has 0 spiro atoms. The van der Waals surface area contributed by atoms with Gasteiger partial charge in [0.25, 0.3) is 5.91 Å². The van der Waals surface area contributed by atoms with Crippen molar-refractivity contribution in [2.45, 2.75) is 26.7 Å². The van der Waals surface area contributed by atoms with E-state index in [1.807, 2.05) is 6.92 Å². The average molecular weight is 237 g/mol. The lowest BCUT2D eigenvalue weighted by Gasteiger charge is -2.20. The van der Waals surface area contributed by atoms with Crippen molar-refractivity contribution in [3.8, 4) is 11.5 Å². The van der Waals surface area contributed by atoms with Gasteiger partial charge in [0.2, 0.25) is 0 Å². The summed E-state index contributed by atoms with van der Waals surface area (Å²) in [5, 5.41) is 18.5. The lowest BCUT2D eigenvalue weighted by atomic mass is 10.1. The summed E-state index contributed by atoms with van der Waals surface area (Å²) < 4.78 is 0. The van der Waals surface area contributed by atoms with Crippen LogP contribution in [0, 0.1) is 0 Å². The van der Waals surface area contributed by atoms with E-state index in [-0.39, 0.29) is 17.4 Å². The van der Waals surface area contributed by atoms with Crippen molar-refractivity contribution in [2.24, 2.45) is 0 Å². The monoisotopic (exact) mass is 237 g/mol. The van der Waals surface area contributed by atoms with Gasteiger partial charge in [-0.2, -0.15) is 0 Å². The molecule has 0 radical (unpaired) electrons. The molecule has 0 bridgehead atoms. The topological polar surface area (TPSA) is 60.8 Å². The SMILES string of the molecule is CCCCN(CC)C(=O)c1ccc(O)c(O)c1. The van der Waals surface area contributed by atoms with Crippen LogP contribution < -0.4 is 0 Å². The Hall–Kier alpha value is -1.71. The molecule has 0 aromatic heterocycles. The van der Waals surface area contributed by atoms with E-state index in [0.29, 0.717) is 18.7 Å². The Balaban J connectivity index is 2.82. The molecule has 0 saturated heterocycles. The van der Waals surface area contributed by atoms with Crippen LogP contribution in [0.25, 0.3) is 0 Å². The summed E-state index contributed by atoms with van der Waals surface area (Å²) in [5.41, 5.74) is 0.401. The zero-order valence-corrected chi connectivity index (χ0v) is 10.3. The van der Waals surface area contributed by atoms with Gasteiger partial charge in [-0.1, -0.05) is 13.3 Å². The number of nitrogens with zero attached hydrogens (tertiary/aromatic N) is 1. The van der Waals surface area contributed by atoms with Crippen molar-refractivity contribution in [3.63, 3.8) is 0 Å². The molecule has 0 fully saturated rings. The first-order chi connectivity index (χ1) is 8.10. The number of carbonyl (C=O) groups excluding carboxylic acids is 1. The van der Waals surface area contributed by atoms with Gasteiger partial charge in [-0.3, -0.25) is 4.79 Å². The minimum Gasteiger partial charge on any atom is -0.504 e. The number of hydrogen-bond acceptors (Lipinski definition) is 3. The van der Waals surface area contributed by atoms with Crippen LogP contribution in [0.2, 0.25) is 0 Å². The summed E-state index contributed by atoms with van der Waals surface area (Å²) in [6, 6.07) is 4.15. The van der Waals surface area contributed by atoms with Crippen molar-refractivity contribution in [1.29, 1.82) is 0 Å². The first kappa shape index (κ1) is 13.4. The van der Waals surface area contributed by atoms with Crippen LogP contribution in [0.4, 0.5) is 0 Å². The molecule has 0 aliphatic rings. The van der Waals surface area contributed by atoms with Gasteiger partial charge in [-0.25, -0.2) is 0 Å². The van der Waals surface area contributed by atoms with E-state index in [2.05, 4.69) is 6.92 Å². The van der Waals surface area contributed by atoms with Crippen LogP contribution in [0.15, 0.2) is 18.2 Å². The fraction of sp³-hybridized carbons (Fsp3) is 0.462. The zero-order chi connectivity index (χ0) is 12.8. The Bertz CT molecular complexity index is 390. The number of aromatic hydroxyl groups is 2. The van der Waals surface area contributed by atoms with Crippen molar-refractivity contribution < 1.29 is 15.0 Å². The van der Waals surface area contributed by atoms with E-state index < -0.39 is 0 Å². The highest BCUT2D eigenvalue weighted by atomic mass is 16.3. The second kappa shape index (κ2) is 6.13. The molecule has 4 heteroatoms. The van der Waals surface area contributed by atoms with E-state index >= 15 is 0 Å². The average Bonchev–Trinajstić information content (AvgIpc) is 2.33. The second-order valence-corrected chi connectivity index (χ2v) is 3.94. The molecule has 0 aliphatic heterocycles. The zero-order valence-electron chi connectivity index (χ0n) is 10.3. The van der Waals surface area contributed by atoms with Gasteiger partial charge in [0, 0.05) is 18.7 Å². The van der Waals surface area contributed by atoms with Gasteiger partial charge in [0.05, 0.1) is 0 Å². The summed E-state index contributed by atoms with van der Waals surface area (Å²) >= 11 is 0. The summed E-state index contributed by atoms with van der Waals surface area (Å²) in [6.07, 6.45) is 1.99. The largest absolute Gasteiger partial charge is 0.504 e. The molecule has 0 saturated carbocycles. The van der Waals surface area contributed by atoms with Gasteiger partial charge in [0.1, 0.15) is 0 Å². The maximum atomic E-state index is 12.1. The molecule has 1 rings (SSSR count). The summed E-state index contributed by atoms with van der Waals surface area (Å²) in [5.74, 6) is -0.586. The molecule has 1 aromatic rings. The van der Waals surface area contributed by atoms with Crippen molar-refractivity contribution in [3.05, 3.63) is 23.8 Å². The van der Waals surface area contributed by atoms with Crippen LogP contribution in [-0.2, 0) is 0 Å². The first-order valence-electron chi connectivity index (χ1n) is 5.91.